The van der Waals surface area contributed by atoms with Gasteiger partial charge in [-0.05, 0) is 24.6 Å². The summed E-state index contributed by atoms with van der Waals surface area (Å²) in [7, 11) is 0. The first-order valence-corrected chi connectivity index (χ1v) is 8.07. The first kappa shape index (κ1) is 17.1. The largest absolute Gasteiger partial charge is 0.329 e. The molecule has 1 unspecified atom stereocenters. The molecule has 2 aromatic carbocycles. The van der Waals surface area contributed by atoms with Crippen LogP contribution in [0.2, 0.25) is 0 Å². The quantitative estimate of drug-likeness (QED) is 0.859. The van der Waals surface area contributed by atoms with Crippen LogP contribution in [0.3, 0.4) is 0 Å². The van der Waals surface area contributed by atoms with E-state index in [9.17, 15) is 18.4 Å². The number of halogens is 2. The van der Waals surface area contributed by atoms with Gasteiger partial charge in [-0.2, -0.15) is 0 Å². The zero-order chi connectivity index (χ0) is 18.0. The van der Waals surface area contributed by atoms with Gasteiger partial charge in [0, 0.05) is 19.2 Å². The third-order valence-corrected chi connectivity index (χ3v) is 4.37. The number of carbonyl (C=O) groups excluding carboxylic acids is 2. The Morgan fingerprint density at radius 3 is 2.52 bits per heavy atom. The van der Waals surface area contributed by atoms with Gasteiger partial charge in [0.1, 0.15) is 17.7 Å². The molecule has 1 aliphatic rings. The lowest BCUT2D eigenvalue weighted by Gasteiger charge is -2.39. The molecule has 1 atom stereocenters. The molecule has 0 bridgehead atoms. The average molecular weight is 344 g/mol. The van der Waals surface area contributed by atoms with Crippen molar-refractivity contribution in [2.24, 2.45) is 0 Å². The van der Waals surface area contributed by atoms with Gasteiger partial charge in [0.25, 0.3) is 0 Å². The van der Waals surface area contributed by atoms with Crippen LogP contribution in [0, 0.1) is 11.6 Å². The number of nitrogens with zero attached hydrogens (tertiary/aromatic N) is 2. The summed E-state index contributed by atoms with van der Waals surface area (Å²) in [6.07, 6.45) is 0.212. The molecule has 0 N–H and O–H groups in total. The lowest BCUT2D eigenvalue weighted by molar-refractivity contribution is -0.140. The Hall–Kier alpha value is -2.76. The fourth-order valence-corrected chi connectivity index (χ4v) is 3.02. The fraction of sp³-hybridized carbons (Fsp3) is 0.263. The van der Waals surface area contributed by atoms with Crippen molar-refractivity contribution in [3.8, 4) is 0 Å². The highest BCUT2D eigenvalue weighted by Crippen LogP contribution is 2.24. The summed E-state index contributed by atoms with van der Waals surface area (Å²) in [5.74, 6) is -2.01. The molecule has 25 heavy (non-hydrogen) atoms. The number of hydrogen-bond donors (Lipinski definition) is 0. The number of anilines is 1. The zero-order valence-corrected chi connectivity index (χ0v) is 13.8. The monoisotopic (exact) mass is 344 g/mol. The Labute approximate surface area is 144 Å². The molecule has 0 aromatic heterocycles. The Bertz CT molecular complexity index is 795. The van der Waals surface area contributed by atoms with Crippen LogP contribution in [-0.2, 0) is 16.0 Å². The average Bonchev–Trinajstić information content (AvgIpc) is 2.59. The van der Waals surface area contributed by atoms with Crippen LogP contribution in [0.25, 0.3) is 0 Å². The Balaban J connectivity index is 1.74. The van der Waals surface area contributed by atoms with Gasteiger partial charge in [0.15, 0.2) is 0 Å². The fourth-order valence-electron chi connectivity index (χ4n) is 3.02. The molecule has 1 saturated heterocycles. The lowest BCUT2D eigenvalue weighted by Crippen LogP contribution is -2.58. The third-order valence-electron chi connectivity index (χ3n) is 4.37. The second-order valence-corrected chi connectivity index (χ2v) is 6.01. The van der Waals surface area contributed by atoms with E-state index in [1.54, 1.807) is 6.92 Å². The number of rotatable bonds is 3. The zero-order valence-electron chi connectivity index (χ0n) is 13.8. The number of piperazine rings is 1. The minimum absolute atomic E-state index is 0.0356. The van der Waals surface area contributed by atoms with Crippen LogP contribution < -0.4 is 4.90 Å². The van der Waals surface area contributed by atoms with Gasteiger partial charge in [0.2, 0.25) is 11.8 Å². The van der Waals surface area contributed by atoms with Gasteiger partial charge in [0.05, 0.1) is 12.1 Å². The molecule has 2 aromatic rings. The van der Waals surface area contributed by atoms with Crippen molar-refractivity contribution in [3.63, 3.8) is 0 Å². The van der Waals surface area contributed by atoms with Gasteiger partial charge < -0.3 is 9.80 Å². The molecule has 1 aliphatic heterocycles. The molecular weight excluding hydrogens is 326 g/mol. The van der Waals surface area contributed by atoms with E-state index in [-0.39, 0.29) is 30.5 Å². The van der Waals surface area contributed by atoms with E-state index in [1.165, 1.54) is 15.9 Å². The summed E-state index contributed by atoms with van der Waals surface area (Å²) >= 11 is 0. The lowest BCUT2D eigenvalue weighted by atomic mass is 10.1. The van der Waals surface area contributed by atoms with Crippen molar-refractivity contribution < 1.29 is 18.4 Å². The normalized spacial score (nSPS) is 17.7. The topological polar surface area (TPSA) is 40.6 Å². The highest BCUT2D eigenvalue weighted by atomic mass is 19.1. The Morgan fingerprint density at radius 2 is 1.84 bits per heavy atom. The van der Waals surface area contributed by atoms with Gasteiger partial charge in [-0.1, -0.05) is 30.3 Å². The minimum Gasteiger partial charge on any atom is -0.329 e. The predicted molar refractivity (Wildman–Crippen MR) is 90.0 cm³/mol. The number of amides is 2. The maximum Gasteiger partial charge on any atom is 0.249 e. The van der Waals surface area contributed by atoms with Crippen LogP contribution >= 0.6 is 0 Å². The van der Waals surface area contributed by atoms with Crippen molar-refractivity contribution in [2.45, 2.75) is 19.4 Å². The Morgan fingerprint density at radius 1 is 1.12 bits per heavy atom. The van der Waals surface area contributed by atoms with E-state index in [0.29, 0.717) is 6.54 Å². The predicted octanol–water partition coefficient (Wildman–Crippen LogP) is 2.77. The molecule has 3 rings (SSSR count). The van der Waals surface area contributed by atoms with Crippen LogP contribution in [0.15, 0.2) is 48.5 Å². The standard InChI is InChI=1S/C19H18F2N2O2/c1-13-19(25)23(17-8-7-15(20)12-16(17)21)10-9-22(13)18(24)11-14-5-3-2-4-6-14/h2-8,12-13H,9-11H2,1H3. The van der Waals surface area contributed by atoms with Gasteiger partial charge in [-0.3, -0.25) is 9.59 Å². The summed E-state index contributed by atoms with van der Waals surface area (Å²) < 4.78 is 27.0. The van der Waals surface area contributed by atoms with E-state index in [2.05, 4.69) is 0 Å². The summed E-state index contributed by atoms with van der Waals surface area (Å²) in [5, 5.41) is 0. The van der Waals surface area contributed by atoms with Crippen LogP contribution in [0.4, 0.5) is 14.5 Å². The van der Waals surface area contributed by atoms with Crippen molar-refractivity contribution in [2.75, 3.05) is 18.0 Å². The Kier molecular flexibility index (Phi) is 4.79. The highest BCUT2D eigenvalue weighted by Gasteiger charge is 2.35. The molecule has 1 fully saturated rings. The first-order valence-electron chi connectivity index (χ1n) is 8.07. The van der Waals surface area contributed by atoms with Crippen LogP contribution in [0.5, 0.6) is 0 Å². The third kappa shape index (κ3) is 3.52. The molecule has 130 valence electrons. The van der Waals surface area contributed by atoms with E-state index in [4.69, 9.17) is 0 Å². The summed E-state index contributed by atoms with van der Waals surface area (Å²) in [6.45, 7) is 2.10. The molecule has 1 heterocycles. The number of carbonyl (C=O) groups is 2. The summed E-state index contributed by atoms with van der Waals surface area (Å²) in [6, 6.07) is 11.7. The van der Waals surface area contributed by atoms with E-state index >= 15 is 0 Å². The molecule has 0 spiro atoms. The smallest absolute Gasteiger partial charge is 0.249 e. The van der Waals surface area contributed by atoms with Crippen molar-refractivity contribution in [1.82, 2.24) is 4.90 Å². The maximum atomic E-state index is 14.0. The van der Waals surface area contributed by atoms with Gasteiger partial charge in [-0.15, -0.1) is 0 Å². The van der Waals surface area contributed by atoms with Gasteiger partial charge in [-0.25, -0.2) is 8.78 Å². The molecule has 2 amide bonds. The highest BCUT2D eigenvalue weighted by molar-refractivity contribution is 6.00. The molecule has 0 radical (unpaired) electrons. The van der Waals surface area contributed by atoms with Crippen molar-refractivity contribution in [3.05, 3.63) is 65.7 Å². The van der Waals surface area contributed by atoms with E-state index in [1.807, 2.05) is 30.3 Å². The molecular formula is C19H18F2N2O2. The second kappa shape index (κ2) is 7.01. The SMILES string of the molecule is CC1C(=O)N(c2ccc(F)cc2F)CCN1C(=O)Cc1ccccc1. The molecule has 0 aliphatic carbocycles. The maximum absolute atomic E-state index is 14.0. The number of benzene rings is 2. The van der Waals surface area contributed by atoms with E-state index < -0.39 is 17.7 Å². The molecule has 0 saturated carbocycles. The van der Waals surface area contributed by atoms with E-state index in [0.717, 1.165) is 17.7 Å². The number of hydrogen-bond acceptors (Lipinski definition) is 2. The van der Waals surface area contributed by atoms with Gasteiger partial charge >= 0.3 is 0 Å². The summed E-state index contributed by atoms with van der Waals surface area (Å²) in [5.41, 5.74) is 0.910. The summed E-state index contributed by atoms with van der Waals surface area (Å²) in [4.78, 5) is 27.9. The van der Waals surface area contributed by atoms with Crippen LogP contribution in [-0.4, -0.2) is 35.8 Å². The first-order chi connectivity index (χ1) is 12.0. The molecule has 4 nitrogen and oxygen atoms in total. The minimum atomic E-state index is -0.787. The van der Waals surface area contributed by atoms with Crippen LogP contribution in [0.1, 0.15) is 12.5 Å². The van der Waals surface area contributed by atoms with Crippen molar-refractivity contribution in [1.29, 1.82) is 0 Å². The second-order valence-electron chi connectivity index (χ2n) is 6.01. The molecule has 6 heteroatoms. The van der Waals surface area contributed by atoms with Crippen molar-refractivity contribution >= 4 is 17.5 Å².